The molecule has 0 atom stereocenters. The van der Waals surface area contributed by atoms with Crippen LogP contribution in [0.25, 0.3) is 21.9 Å². The summed E-state index contributed by atoms with van der Waals surface area (Å²) in [6.45, 7) is 5.03. The number of rotatable bonds is 5. The second-order valence-electron chi connectivity index (χ2n) is 6.32. The van der Waals surface area contributed by atoms with Crippen molar-refractivity contribution in [2.45, 2.75) is 33.6 Å². The summed E-state index contributed by atoms with van der Waals surface area (Å²) in [5.74, 6) is -1.83. The van der Waals surface area contributed by atoms with Crippen LogP contribution in [0.2, 0.25) is 0 Å². The van der Waals surface area contributed by atoms with Gasteiger partial charge in [0, 0.05) is 28.3 Å². The van der Waals surface area contributed by atoms with Gasteiger partial charge in [-0.2, -0.15) is 0 Å². The molecule has 1 aromatic carbocycles. The Bertz CT molecular complexity index is 1090. The Morgan fingerprint density at radius 1 is 1.12 bits per heavy atom. The van der Waals surface area contributed by atoms with E-state index in [1.165, 1.54) is 0 Å². The maximum absolute atomic E-state index is 12.4. The third-order valence-electron chi connectivity index (χ3n) is 4.57. The lowest BCUT2D eigenvalue weighted by atomic mass is 9.98. The topological polar surface area (TPSA) is 113 Å². The van der Waals surface area contributed by atoms with E-state index in [1.807, 2.05) is 26.8 Å². The van der Waals surface area contributed by atoms with Crippen molar-refractivity contribution in [1.82, 2.24) is 5.32 Å². The third-order valence-corrected chi connectivity index (χ3v) is 4.57. The predicted molar refractivity (Wildman–Crippen MR) is 92.8 cm³/mol. The molecular weight excluding hydrogens is 338 g/mol. The molecule has 26 heavy (non-hydrogen) atoms. The van der Waals surface area contributed by atoms with E-state index in [0.717, 1.165) is 27.5 Å². The Balaban J connectivity index is 2.00. The Kier molecular flexibility index (Phi) is 4.54. The summed E-state index contributed by atoms with van der Waals surface area (Å²) in [5, 5.41) is 14.3. The molecule has 7 heteroatoms. The third kappa shape index (κ3) is 3.08. The molecule has 0 unspecified atom stereocenters. The van der Waals surface area contributed by atoms with Gasteiger partial charge in [-0.15, -0.1) is 0 Å². The van der Waals surface area contributed by atoms with Gasteiger partial charge in [-0.3, -0.25) is 4.79 Å². The maximum Gasteiger partial charge on any atom is 0.339 e. The highest BCUT2D eigenvalue weighted by Gasteiger charge is 2.18. The molecule has 2 heterocycles. The zero-order valence-electron chi connectivity index (χ0n) is 14.7. The van der Waals surface area contributed by atoms with Crippen LogP contribution < -0.4 is 16.0 Å². The van der Waals surface area contributed by atoms with Crippen molar-refractivity contribution in [2.75, 3.05) is 6.54 Å². The molecule has 2 aromatic heterocycles. The molecule has 1 N–H and O–H groups in total. The van der Waals surface area contributed by atoms with Crippen LogP contribution in [-0.2, 0) is 16.0 Å². The average molecular weight is 356 g/mol. The number of carbonyl (C=O) groups is 2. The van der Waals surface area contributed by atoms with E-state index in [4.69, 9.17) is 8.83 Å². The highest BCUT2D eigenvalue weighted by molar-refractivity contribution is 5.99. The lowest BCUT2D eigenvalue weighted by molar-refractivity contribution is -0.304. The number of fused-ring (bicyclic) bond motifs is 2. The molecule has 3 rings (SSSR count). The van der Waals surface area contributed by atoms with Gasteiger partial charge >= 0.3 is 5.63 Å². The minimum Gasteiger partial charge on any atom is -0.548 e. The molecule has 0 radical (unpaired) electrons. The number of carboxylic acid groups (broad SMARTS) is 1. The largest absolute Gasteiger partial charge is 0.548 e. The summed E-state index contributed by atoms with van der Waals surface area (Å²) in [6, 6.07) is 1.93. The molecule has 0 saturated carbocycles. The Morgan fingerprint density at radius 3 is 2.54 bits per heavy atom. The van der Waals surface area contributed by atoms with Crippen LogP contribution in [0.4, 0.5) is 0 Å². The van der Waals surface area contributed by atoms with Gasteiger partial charge in [0.15, 0.2) is 0 Å². The van der Waals surface area contributed by atoms with Gasteiger partial charge in [0.25, 0.3) is 0 Å². The lowest BCUT2D eigenvalue weighted by Gasteiger charge is -2.10. The van der Waals surface area contributed by atoms with Crippen LogP contribution in [0.5, 0.6) is 0 Å². The van der Waals surface area contributed by atoms with E-state index in [1.54, 1.807) is 6.26 Å². The van der Waals surface area contributed by atoms with Crippen LogP contribution in [0.1, 0.15) is 28.7 Å². The van der Waals surface area contributed by atoms with Gasteiger partial charge < -0.3 is 24.1 Å². The molecule has 0 aliphatic rings. The van der Waals surface area contributed by atoms with Crippen molar-refractivity contribution >= 4 is 33.8 Å². The van der Waals surface area contributed by atoms with Crippen LogP contribution in [0, 0.1) is 20.8 Å². The molecule has 1 amide bonds. The summed E-state index contributed by atoms with van der Waals surface area (Å²) >= 11 is 0. The fourth-order valence-corrected chi connectivity index (χ4v) is 3.11. The highest BCUT2D eigenvalue weighted by Crippen LogP contribution is 2.32. The summed E-state index contributed by atoms with van der Waals surface area (Å²) in [4.78, 5) is 34.5. The molecule has 0 bridgehead atoms. The fraction of sp³-hybridized carbons (Fsp3) is 0.316. The molecule has 0 aliphatic carbocycles. The quantitative estimate of drug-likeness (QED) is 0.689. The minimum absolute atomic E-state index is 0.0175. The lowest BCUT2D eigenvalue weighted by Crippen LogP contribution is -2.37. The van der Waals surface area contributed by atoms with E-state index in [9.17, 15) is 19.5 Å². The Morgan fingerprint density at radius 2 is 1.85 bits per heavy atom. The molecule has 0 fully saturated rings. The van der Waals surface area contributed by atoms with Gasteiger partial charge in [0.2, 0.25) is 5.91 Å². The van der Waals surface area contributed by atoms with Crippen molar-refractivity contribution < 1.29 is 23.5 Å². The van der Waals surface area contributed by atoms with E-state index in [0.29, 0.717) is 16.7 Å². The van der Waals surface area contributed by atoms with Crippen molar-refractivity contribution in [1.29, 1.82) is 0 Å². The Hall–Kier alpha value is -3.09. The van der Waals surface area contributed by atoms with Gasteiger partial charge in [0.1, 0.15) is 11.2 Å². The zero-order valence-corrected chi connectivity index (χ0v) is 14.7. The SMILES string of the molecule is Cc1coc2c(C)c3oc(=O)c(CCC(=O)NCC(=O)[O-])c(C)c3cc12. The first kappa shape index (κ1) is 17.7. The summed E-state index contributed by atoms with van der Waals surface area (Å²) in [6.07, 6.45) is 1.80. The van der Waals surface area contributed by atoms with Gasteiger partial charge in [-0.05, 0) is 44.4 Å². The van der Waals surface area contributed by atoms with Crippen LogP contribution in [-0.4, -0.2) is 18.4 Å². The van der Waals surface area contributed by atoms with Crippen molar-refractivity contribution in [3.05, 3.63) is 45.0 Å². The number of hydrogen-bond donors (Lipinski definition) is 1. The van der Waals surface area contributed by atoms with Gasteiger partial charge in [-0.25, -0.2) is 4.79 Å². The van der Waals surface area contributed by atoms with Crippen molar-refractivity contribution in [3.8, 4) is 0 Å². The molecule has 7 nitrogen and oxygen atoms in total. The summed E-state index contributed by atoms with van der Waals surface area (Å²) < 4.78 is 11.1. The summed E-state index contributed by atoms with van der Waals surface area (Å²) in [5.41, 5.74) is 3.54. The van der Waals surface area contributed by atoms with Gasteiger partial charge in [-0.1, -0.05) is 0 Å². The number of aryl methyl sites for hydroxylation is 3. The first-order valence-electron chi connectivity index (χ1n) is 8.19. The number of furan rings is 1. The molecule has 0 saturated heterocycles. The second kappa shape index (κ2) is 6.67. The smallest absolute Gasteiger partial charge is 0.339 e. The minimum atomic E-state index is -1.37. The van der Waals surface area contributed by atoms with E-state index in [-0.39, 0.29) is 12.8 Å². The first-order valence-corrected chi connectivity index (χ1v) is 8.19. The van der Waals surface area contributed by atoms with E-state index >= 15 is 0 Å². The molecular formula is C19H18NO6-. The fourth-order valence-electron chi connectivity index (χ4n) is 3.11. The molecule has 3 aromatic rings. The van der Waals surface area contributed by atoms with Crippen molar-refractivity contribution in [2.24, 2.45) is 0 Å². The first-order chi connectivity index (χ1) is 12.3. The number of nitrogens with one attached hydrogen (secondary N) is 1. The molecule has 0 aliphatic heterocycles. The molecule has 0 spiro atoms. The second-order valence-corrected chi connectivity index (χ2v) is 6.32. The number of aliphatic carboxylic acids is 1. The van der Waals surface area contributed by atoms with Crippen LogP contribution in [0.3, 0.4) is 0 Å². The monoisotopic (exact) mass is 356 g/mol. The standard InChI is InChI=1S/C19H19NO6/c1-9-8-25-17-11(3)18-14(6-13(9)17)10(2)12(19(24)26-18)4-5-15(21)20-7-16(22)23/h6,8H,4-5,7H2,1-3H3,(H,20,21)(H,22,23)/p-1. The summed E-state index contributed by atoms with van der Waals surface area (Å²) in [7, 11) is 0. The number of carboxylic acids is 1. The van der Waals surface area contributed by atoms with Gasteiger partial charge in [0.05, 0.1) is 18.8 Å². The Labute approximate surface area is 148 Å². The number of carbonyl (C=O) groups excluding carboxylic acids is 2. The van der Waals surface area contributed by atoms with Crippen LogP contribution in [0.15, 0.2) is 26.0 Å². The van der Waals surface area contributed by atoms with Crippen molar-refractivity contribution in [3.63, 3.8) is 0 Å². The van der Waals surface area contributed by atoms with E-state index < -0.39 is 24.0 Å². The number of hydrogen-bond acceptors (Lipinski definition) is 6. The zero-order chi connectivity index (χ0) is 19.0. The highest BCUT2D eigenvalue weighted by atomic mass is 16.4. The normalized spacial score (nSPS) is 11.2. The van der Waals surface area contributed by atoms with Crippen LogP contribution >= 0.6 is 0 Å². The van der Waals surface area contributed by atoms with E-state index in [2.05, 4.69) is 5.32 Å². The number of benzene rings is 1. The average Bonchev–Trinajstić information content (AvgIpc) is 2.95. The molecule has 136 valence electrons. The maximum atomic E-state index is 12.4. The predicted octanol–water partition coefficient (Wildman–Crippen LogP) is 1.26. The number of amides is 1.